The Morgan fingerprint density at radius 1 is 0.977 bits per heavy atom. The fourth-order valence-corrected chi connectivity index (χ4v) is 6.95. The Labute approximate surface area is 250 Å². The van der Waals surface area contributed by atoms with Gasteiger partial charge in [0.15, 0.2) is 11.2 Å². The SMILES string of the molecule is C#CCOc1ccc(-c2nc3c(c(=O)[nH]2)[C@@H](c2ccccc2)[C@]2(c4ccc(C)cc4)Oc4cc(C)cc(C)c4[C@]32O)cc1. The minimum absolute atomic E-state index is 0.153. The Morgan fingerprint density at radius 3 is 2.40 bits per heavy atom. The van der Waals surface area contributed by atoms with Gasteiger partial charge in [0.25, 0.3) is 5.56 Å². The standard InChI is InChI=1S/C37H30N2O4/c1-5-19-42-28-17-13-26(14-18-28)34-38-33-30(35(40)39-34)32(25-9-7-6-8-10-25)37(27-15-11-22(2)12-16-27)36(33,41)31-24(4)20-23(3)21-29(31)43-37/h1,6-18,20-21,32,41H,19H2,2-4H3,(H,38,39,40)/t32-,36+,37+/m1/s1. The number of aryl methyl sites for hydroxylation is 3. The molecule has 0 bridgehead atoms. The van der Waals surface area contributed by atoms with Crippen LogP contribution in [0.1, 0.15) is 50.6 Å². The molecule has 7 rings (SSSR count). The first-order valence-corrected chi connectivity index (χ1v) is 14.2. The molecule has 3 atom stereocenters. The lowest BCUT2D eigenvalue weighted by Gasteiger charge is -2.40. The maximum Gasteiger partial charge on any atom is 0.255 e. The molecule has 2 aliphatic rings. The fourth-order valence-electron chi connectivity index (χ4n) is 6.95. The van der Waals surface area contributed by atoms with Crippen LogP contribution < -0.4 is 15.0 Å². The number of hydrogen-bond donors (Lipinski definition) is 2. The first kappa shape index (κ1) is 26.8. The Bertz CT molecular complexity index is 1970. The molecular formula is C37H30N2O4. The van der Waals surface area contributed by atoms with Crippen LogP contribution in [0.3, 0.4) is 0 Å². The van der Waals surface area contributed by atoms with Gasteiger partial charge >= 0.3 is 0 Å². The van der Waals surface area contributed by atoms with Crippen LogP contribution in [0.2, 0.25) is 0 Å². The molecule has 1 aromatic heterocycles. The van der Waals surface area contributed by atoms with E-state index >= 15 is 0 Å². The topological polar surface area (TPSA) is 84.4 Å². The lowest BCUT2D eigenvalue weighted by atomic mass is 9.69. The number of aromatic amines is 1. The molecule has 1 aliphatic heterocycles. The highest BCUT2D eigenvalue weighted by atomic mass is 16.5. The van der Waals surface area contributed by atoms with Crippen molar-refractivity contribution in [2.75, 3.05) is 6.61 Å². The molecule has 0 saturated carbocycles. The molecule has 0 fully saturated rings. The smallest absolute Gasteiger partial charge is 0.255 e. The summed E-state index contributed by atoms with van der Waals surface area (Å²) in [6, 6.07) is 28.9. The fraction of sp³-hybridized carbons (Fsp3) is 0.189. The number of aliphatic hydroxyl groups is 1. The Balaban J connectivity index is 1.55. The highest BCUT2D eigenvalue weighted by molar-refractivity contribution is 5.67. The summed E-state index contributed by atoms with van der Waals surface area (Å²) in [7, 11) is 0. The van der Waals surface area contributed by atoms with Crippen LogP contribution >= 0.6 is 0 Å². The number of terminal acetylenes is 1. The largest absolute Gasteiger partial charge is 0.481 e. The molecule has 0 spiro atoms. The van der Waals surface area contributed by atoms with Crippen LogP contribution in [0.25, 0.3) is 11.4 Å². The molecule has 0 saturated heterocycles. The summed E-state index contributed by atoms with van der Waals surface area (Å²) in [6.45, 7) is 6.15. The monoisotopic (exact) mass is 566 g/mol. The zero-order chi connectivity index (χ0) is 29.9. The summed E-state index contributed by atoms with van der Waals surface area (Å²) < 4.78 is 12.6. The van der Waals surface area contributed by atoms with Crippen molar-refractivity contribution < 1.29 is 14.6 Å². The molecule has 4 aromatic carbocycles. The molecule has 6 nitrogen and oxygen atoms in total. The minimum atomic E-state index is -1.77. The van der Waals surface area contributed by atoms with Gasteiger partial charge in [-0.3, -0.25) is 4.79 Å². The van der Waals surface area contributed by atoms with Crippen LogP contribution in [0, 0.1) is 33.1 Å². The Morgan fingerprint density at radius 2 is 1.70 bits per heavy atom. The summed E-state index contributed by atoms with van der Waals surface area (Å²) in [4.78, 5) is 22.3. The van der Waals surface area contributed by atoms with Crippen molar-refractivity contribution in [3.63, 3.8) is 0 Å². The van der Waals surface area contributed by atoms with E-state index in [4.69, 9.17) is 20.9 Å². The summed E-state index contributed by atoms with van der Waals surface area (Å²) in [5, 5.41) is 13.4. The molecule has 6 heteroatoms. The van der Waals surface area contributed by atoms with Gasteiger partial charge in [-0.2, -0.15) is 0 Å². The number of H-pyrrole nitrogens is 1. The number of aromatic nitrogens is 2. The summed E-state index contributed by atoms with van der Waals surface area (Å²) >= 11 is 0. The van der Waals surface area contributed by atoms with Crippen LogP contribution in [0.15, 0.2) is 95.8 Å². The van der Waals surface area contributed by atoms with Crippen molar-refractivity contribution in [2.24, 2.45) is 0 Å². The number of nitrogens with zero attached hydrogens (tertiary/aromatic N) is 1. The third-order valence-corrected chi connectivity index (χ3v) is 8.67. The van der Waals surface area contributed by atoms with Crippen molar-refractivity contribution in [3.8, 4) is 35.2 Å². The van der Waals surface area contributed by atoms with E-state index in [1.165, 1.54) is 0 Å². The minimum Gasteiger partial charge on any atom is -0.481 e. The zero-order valence-electron chi connectivity index (χ0n) is 24.1. The van der Waals surface area contributed by atoms with Gasteiger partial charge in [0.2, 0.25) is 0 Å². The molecule has 5 aromatic rings. The lowest BCUT2D eigenvalue weighted by Crippen LogP contribution is -2.49. The van der Waals surface area contributed by atoms with E-state index in [1.807, 2.05) is 99.6 Å². The van der Waals surface area contributed by atoms with Gasteiger partial charge in [-0.25, -0.2) is 4.98 Å². The van der Waals surface area contributed by atoms with Gasteiger partial charge in [0, 0.05) is 16.7 Å². The molecule has 1 aliphatic carbocycles. The van der Waals surface area contributed by atoms with Crippen molar-refractivity contribution in [1.82, 2.24) is 9.97 Å². The second-order valence-corrected chi connectivity index (χ2v) is 11.4. The van der Waals surface area contributed by atoms with Crippen LogP contribution in [-0.2, 0) is 11.2 Å². The molecular weight excluding hydrogens is 536 g/mol. The molecule has 2 heterocycles. The predicted molar refractivity (Wildman–Crippen MR) is 165 cm³/mol. The number of fused-ring (bicyclic) bond motifs is 5. The number of ether oxygens (including phenoxy) is 2. The molecule has 0 radical (unpaired) electrons. The molecule has 2 N–H and O–H groups in total. The summed E-state index contributed by atoms with van der Waals surface area (Å²) in [6.07, 6.45) is 5.33. The van der Waals surface area contributed by atoms with Crippen LogP contribution in [0.5, 0.6) is 11.5 Å². The van der Waals surface area contributed by atoms with Crippen LogP contribution in [0.4, 0.5) is 0 Å². The van der Waals surface area contributed by atoms with E-state index in [2.05, 4.69) is 10.9 Å². The van der Waals surface area contributed by atoms with E-state index in [-0.39, 0.29) is 12.2 Å². The van der Waals surface area contributed by atoms with Gasteiger partial charge in [-0.15, -0.1) is 6.42 Å². The maximum atomic E-state index is 14.2. The Hall–Kier alpha value is -5.12. The number of rotatable bonds is 5. The summed E-state index contributed by atoms with van der Waals surface area (Å²) in [5.41, 5.74) is 3.04. The van der Waals surface area contributed by atoms with Gasteiger partial charge in [-0.05, 0) is 67.8 Å². The van der Waals surface area contributed by atoms with Crippen molar-refractivity contribution in [2.45, 2.75) is 37.9 Å². The van der Waals surface area contributed by atoms with Gasteiger partial charge < -0.3 is 19.6 Å². The first-order valence-electron chi connectivity index (χ1n) is 14.2. The van der Waals surface area contributed by atoms with E-state index in [9.17, 15) is 9.90 Å². The highest BCUT2D eigenvalue weighted by Crippen LogP contribution is 2.68. The van der Waals surface area contributed by atoms with Gasteiger partial charge in [0.05, 0.1) is 17.2 Å². The predicted octanol–water partition coefficient (Wildman–Crippen LogP) is 6.04. The second-order valence-electron chi connectivity index (χ2n) is 11.4. The number of nitrogens with one attached hydrogen (secondary N) is 1. The quantitative estimate of drug-likeness (QED) is 0.253. The summed E-state index contributed by atoms with van der Waals surface area (Å²) in [5.74, 6) is 3.33. The third-order valence-electron chi connectivity index (χ3n) is 8.67. The second kappa shape index (κ2) is 9.72. The van der Waals surface area contributed by atoms with Crippen LogP contribution in [-0.4, -0.2) is 21.7 Å². The van der Waals surface area contributed by atoms with Crippen molar-refractivity contribution in [1.29, 1.82) is 0 Å². The van der Waals surface area contributed by atoms with Gasteiger partial charge in [-0.1, -0.05) is 72.1 Å². The average molecular weight is 567 g/mol. The van der Waals surface area contributed by atoms with Gasteiger partial charge in [0.1, 0.15) is 23.9 Å². The number of hydrogen-bond acceptors (Lipinski definition) is 5. The zero-order valence-corrected chi connectivity index (χ0v) is 24.1. The highest BCUT2D eigenvalue weighted by Gasteiger charge is 2.73. The number of benzene rings is 4. The van der Waals surface area contributed by atoms with Crippen molar-refractivity contribution in [3.05, 3.63) is 146 Å². The average Bonchev–Trinajstić information content (AvgIpc) is 3.39. The van der Waals surface area contributed by atoms with E-state index in [0.29, 0.717) is 39.7 Å². The van der Waals surface area contributed by atoms with E-state index in [0.717, 1.165) is 27.8 Å². The van der Waals surface area contributed by atoms with E-state index < -0.39 is 17.1 Å². The first-order chi connectivity index (χ1) is 20.8. The molecule has 43 heavy (non-hydrogen) atoms. The molecule has 0 unspecified atom stereocenters. The van der Waals surface area contributed by atoms with Crippen molar-refractivity contribution >= 4 is 0 Å². The van der Waals surface area contributed by atoms with E-state index in [1.54, 1.807) is 12.1 Å². The maximum absolute atomic E-state index is 14.2. The molecule has 212 valence electrons. The molecule has 0 amide bonds. The Kier molecular flexibility index (Phi) is 6.05. The lowest BCUT2D eigenvalue weighted by molar-refractivity contribution is -0.0905. The normalized spacial score (nSPS) is 21.3. The third kappa shape index (κ3) is 3.78.